The first-order valence-corrected chi connectivity index (χ1v) is 11.3. The van der Waals surface area contributed by atoms with E-state index in [1.54, 1.807) is 18.4 Å². The number of ether oxygens (including phenoxy) is 3. The molecule has 5 heteroatoms. The van der Waals surface area contributed by atoms with Crippen LogP contribution in [0.5, 0.6) is 5.75 Å². The zero-order valence-corrected chi connectivity index (χ0v) is 19.3. The Balaban J connectivity index is 1.62. The molecular formula is C25H33NO3S. The molecule has 0 saturated heterocycles. The molecule has 2 rings (SSSR count). The van der Waals surface area contributed by atoms with Gasteiger partial charge in [-0.05, 0) is 66.6 Å². The smallest absolute Gasteiger partial charge is 0.123 e. The number of rotatable bonds is 12. The Kier molecular flexibility index (Phi) is 10.7. The molecule has 0 bridgehead atoms. The summed E-state index contributed by atoms with van der Waals surface area (Å²) in [5, 5.41) is 4.23. The highest BCUT2D eigenvalue weighted by Crippen LogP contribution is 2.25. The maximum absolute atomic E-state index is 5.83. The van der Waals surface area contributed by atoms with E-state index in [0.717, 1.165) is 25.4 Å². The van der Waals surface area contributed by atoms with E-state index >= 15 is 0 Å². The highest BCUT2D eigenvalue weighted by Gasteiger charge is 2.10. The van der Waals surface area contributed by atoms with E-state index in [1.807, 2.05) is 32.1 Å². The molecule has 1 aromatic carbocycles. The zero-order valence-electron chi connectivity index (χ0n) is 18.5. The Morgan fingerprint density at radius 2 is 2.00 bits per heavy atom. The van der Waals surface area contributed by atoms with Crippen LogP contribution in [0, 0.1) is 11.8 Å². The fourth-order valence-electron chi connectivity index (χ4n) is 2.61. The van der Waals surface area contributed by atoms with Crippen LogP contribution >= 0.6 is 11.3 Å². The van der Waals surface area contributed by atoms with Crippen LogP contribution in [0.25, 0.3) is 11.1 Å². The minimum atomic E-state index is -0.407. The molecule has 0 aliphatic rings. The lowest BCUT2D eigenvalue weighted by Gasteiger charge is -2.18. The van der Waals surface area contributed by atoms with E-state index in [9.17, 15) is 0 Å². The molecule has 162 valence electrons. The molecule has 0 aliphatic carbocycles. The first-order chi connectivity index (χ1) is 14.5. The summed E-state index contributed by atoms with van der Waals surface area (Å²) in [6.07, 6.45) is 3.97. The molecule has 4 nitrogen and oxygen atoms in total. The molecule has 0 spiro atoms. The predicted octanol–water partition coefficient (Wildman–Crippen LogP) is 5.12. The van der Waals surface area contributed by atoms with Gasteiger partial charge in [0, 0.05) is 20.2 Å². The number of nitrogens with zero attached hydrogens (tertiary/aromatic N) is 1. The lowest BCUT2D eigenvalue weighted by atomic mass is 10.1. The van der Waals surface area contributed by atoms with E-state index in [1.165, 1.54) is 11.1 Å². The molecule has 0 atom stereocenters. The third-order valence-electron chi connectivity index (χ3n) is 4.63. The molecule has 1 aromatic heterocycles. The van der Waals surface area contributed by atoms with Gasteiger partial charge in [0.25, 0.3) is 0 Å². The van der Waals surface area contributed by atoms with Crippen molar-refractivity contribution in [1.82, 2.24) is 4.90 Å². The second-order valence-electron chi connectivity index (χ2n) is 7.28. The van der Waals surface area contributed by atoms with Gasteiger partial charge in [-0.25, -0.2) is 0 Å². The van der Waals surface area contributed by atoms with Crippen LogP contribution in [0.4, 0.5) is 0 Å². The average molecular weight is 428 g/mol. The average Bonchev–Trinajstić information content (AvgIpc) is 3.29. The normalized spacial score (nSPS) is 11.6. The van der Waals surface area contributed by atoms with Crippen molar-refractivity contribution in [2.75, 3.05) is 46.6 Å². The zero-order chi connectivity index (χ0) is 21.7. The van der Waals surface area contributed by atoms with Crippen molar-refractivity contribution in [1.29, 1.82) is 0 Å². The molecule has 0 radical (unpaired) electrons. The van der Waals surface area contributed by atoms with Crippen LogP contribution in [-0.2, 0) is 9.47 Å². The van der Waals surface area contributed by atoms with Crippen LogP contribution < -0.4 is 4.74 Å². The van der Waals surface area contributed by atoms with Crippen molar-refractivity contribution < 1.29 is 14.2 Å². The molecule has 30 heavy (non-hydrogen) atoms. The summed E-state index contributed by atoms with van der Waals surface area (Å²) in [5.74, 6) is 6.99. The second kappa shape index (κ2) is 13.3. The van der Waals surface area contributed by atoms with Gasteiger partial charge in [-0.2, -0.15) is 11.3 Å². The summed E-state index contributed by atoms with van der Waals surface area (Å²) in [6.45, 7) is 10.6. The van der Waals surface area contributed by atoms with E-state index < -0.39 is 5.60 Å². The third kappa shape index (κ3) is 9.15. The van der Waals surface area contributed by atoms with Crippen LogP contribution in [0.15, 0.2) is 53.2 Å². The summed E-state index contributed by atoms with van der Waals surface area (Å²) >= 11 is 1.70. The van der Waals surface area contributed by atoms with Crippen molar-refractivity contribution in [3.63, 3.8) is 0 Å². The maximum atomic E-state index is 5.83. The number of thiophene rings is 1. The minimum Gasteiger partial charge on any atom is -0.491 e. The first-order valence-electron chi connectivity index (χ1n) is 10.3. The Morgan fingerprint density at radius 1 is 1.13 bits per heavy atom. The van der Waals surface area contributed by atoms with Crippen LogP contribution in [0.3, 0.4) is 0 Å². The summed E-state index contributed by atoms with van der Waals surface area (Å²) in [7, 11) is 1.67. The monoisotopic (exact) mass is 427 g/mol. The Bertz CT molecular complexity index is 818. The number of likely N-dealkylation sites (N-methyl/N-ethyl adjacent to an activating group) is 1. The second-order valence-corrected chi connectivity index (χ2v) is 8.06. The first kappa shape index (κ1) is 24.2. The quantitative estimate of drug-likeness (QED) is 0.348. The van der Waals surface area contributed by atoms with E-state index in [0.29, 0.717) is 19.8 Å². The van der Waals surface area contributed by atoms with Crippen LogP contribution in [-0.4, -0.2) is 57.1 Å². The van der Waals surface area contributed by atoms with Gasteiger partial charge < -0.3 is 14.2 Å². The minimum absolute atomic E-state index is 0.407. The molecule has 0 unspecified atom stereocenters. The van der Waals surface area contributed by atoms with Gasteiger partial charge >= 0.3 is 0 Å². The Labute approximate surface area is 185 Å². The Morgan fingerprint density at radius 3 is 2.73 bits per heavy atom. The van der Waals surface area contributed by atoms with Gasteiger partial charge in [0.05, 0.1) is 13.2 Å². The van der Waals surface area contributed by atoms with Gasteiger partial charge in [-0.1, -0.05) is 37.0 Å². The summed E-state index contributed by atoms with van der Waals surface area (Å²) in [5.41, 5.74) is 2.00. The predicted molar refractivity (Wildman–Crippen MR) is 126 cm³/mol. The van der Waals surface area contributed by atoms with E-state index in [-0.39, 0.29) is 0 Å². The van der Waals surface area contributed by atoms with Crippen LogP contribution in [0.2, 0.25) is 0 Å². The van der Waals surface area contributed by atoms with Gasteiger partial charge in [0.15, 0.2) is 0 Å². The maximum Gasteiger partial charge on any atom is 0.123 e. The van der Waals surface area contributed by atoms with E-state index in [2.05, 4.69) is 58.7 Å². The Hall–Kier alpha value is -2.10. The summed E-state index contributed by atoms with van der Waals surface area (Å²) in [6, 6.07) is 10.3. The molecule has 1 heterocycles. The number of benzene rings is 1. The number of methoxy groups -OCH3 is 1. The van der Waals surface area contributed by atoms with Gasteiger partial charge in [-0.15, -0.1) is 0 Å². The van der Waals surface area contributed by atoms with Gasteiger partial charge in [0.2, 0.25) is 0 Å². The molecule has 2 aromatic rings. The fourth-order valence-corrected chi connectivity index (χ4v) is 3.28. The molecule has 0 saturated carbocycles. The van der Waals surface area contributed by atoms with Crippen molar-refractivity contribution in [2.24, 2.45) is 0 Å². The highest BCUT2D eigenvalue weighted by atomic mass is 32.1. The standard InChI is InChI=1S/C25H33NO3S/c1-5-26(14-8-6-7-13-25(2,3)27-4)15-16-28-17-18-29-24-11-9-10-22(20-24)23-12-19-30-21-23/h6,8-12,19-21H,5,14-18H2,1-4H3/b8-6+. The lowest BCUT2D eigenvalue weighted by molar-refractivity contribution is 0.0742. The largest absolute Gasteiger partial charge is 0.491 e. The lowest BCUT2D eigenvalue weighted by Crippen LogP contribution is -2.28. The van der Waals surface area contributed by atoms with Gasteiger partial charge in [0.1, 0.15) is 18.0 Å². The number of hydrogen-bond acceptors (Lipinski definition) is 5. The molecule has 0 aliphatic heterocycles. The van der Waals surface area contributed by atoms with Crippen molar-refractivity contribution in [2.45, 2.75) is 26.4 Å². The van der Waals surface area contributed by atoms with Crippen molar-refractivity contribution in [3.8, 4) is 28.7 Å². The highest BCUT2D eigenvalue weighted by molar-refractivity contribution is 7.08. The molecular weight excluding hydrogens is 394 g/mol. The van der Waals surface area contributed by atoms with Crippen LogP contribution in [0.1, 0.15) is 20.8 Å². The number of allylic oxidation sites excluding steroid dienone is 1. The topological polar surface area (TPSA) is 30.9 Å². The SMILES string of the molecule is CCN(C/C=C/C#CC(C)(C)OC)CCOCCOc1cccc(-c2ccsc2)c1. The summed E-state index contributed by atoms with van der Waals surface area (Å²) in [4.78, 5) is 2.31. The number of hydrogen-bond donors (Lipinski definition) is 0. The van der Waals surface area contributed by atoms with E-state index in [4.69, 9.17) is 14.2 Å². The molecule has 0 amide bonds. The van der Waals surface area contributed by atoms with Gasteiger partial charge in [-0.3, -0.25) is 4.90 Å². The van der Waals surface area contributed by atoms with Crippen molar-refractivity contribution >= 4 is 11.3 Å². The van der Waals surface area contributed by atoms with Crippen molar-refractivity contribution in [3.05, 3.63) is 53.2 Å². The third-order valence-corrected chi connectivity index (χ3v) is 5.32. The molecule has 0 fully saturated rings. The fraction of sp³-hybridized carbons (Fsp3) is 0.440. The summed E-state index contributed by atoms with van der Waals surface area (Å²) < 4.78 is 16.9. The molecule has 0 N–H and O–H groups in total.